The quantitative estimate of drug-likeness (QED) is 0.892. The van der Waals surface area contributed by atoms with Gasteiger partial charge in [0.1, 0.15) is 5.75 Å². The molecule has 1 unspecified atom stereocenters. The molecule has 0 spiro atoms. The molecule has 3 nitrogen and oxygen atoms in total. The van der Waals surface area contributed by atoms with Gasteiger partial charge in [-0.2, -0.15) is 0 Å². The van der Waals surface area contributed by atoms with Crippen LogP contribution in [0.3, 0.4) is 0 Å². The summed E-state index contributed by atoms with van der Waals surface area (Å²) in [6.07, 6.45) is 3.98. The second-order valence-corrected chi connectivity index (χ2v) is 5.41. The van der Waals surface area contributed by atoms with Gasteiger partial charge in [0.15, 0.2) is 5.13 Å². The number of fused-ring (bicyclic) bond motifs is 1. The molecule has 0 amide bonds. The minimum Gasteiger partial charge on any atom is -0.493 e. The van der Waals surface area contributed by atoms with Gasteiger partial charge in [-0.3, -0.25) is 0 Å². The van der Waals surface area contributed by atoms with Crippen LogP contribution in [0.1, 0.15) is 30.0 Å². The first-order valence-corrected chi connectivity index (χ1v) is 7.11. The number of nitrogens with one attached hydrogen (secondary N) is 1. The first kappa shape index (κ1) is 11.5. The van der Waals surface area contributed by atoms with Gasteiger partial charge in [0.2, 0.25) is 0 Å². The van der Waals surface area contributed by atoms with Gasteiger partial charge in [-0.15, -0.1) is 11.3 Å². The number of ether oxygens (including phenoxy) is 1. The molecule has 0 bridgehead atoms. The lowest BCUT2D eigenvalue weighted by atomic mass is 10.00. The van der Waals surface area contributed by atoms with Crippen molar-refractivity contribution in [3.05, 3.63) is 40.9 Å². The lowest BCUT2D eigenvalue weighted by Crippen LogP contribution is -2.10. The van der Waals surface area contributed by atoms with E-state index in [1.54, 1.807) is 11.3 Å². The van der Waals surface area contributed by atoms with Crippen LogP contribution < -0.4 is 10.1 Å². The van der Waals surface area contributed by atoms with Crippen LogP contribution in [0.2, 0.25) is 0 Å². The highest BCUT2D eigenvalue weighted by molar-refractivity contribution is 7.13. The highest BCUT2D eigenvalue weighted by atomic mass is 32.1. The molecule has 1 aliphatic rings. The van der Waals surface area contributed by atoms with Crippen molar-refractivity contribution in [2.24, 2.45) is 0 Å². The van der Waals surface area contributed by atoms with Crippen LogP contribution >= 0.6 is 11.3 Å². The van der Waals surface area contributed by atoms with E-state index in [9.17, 15) is 0 Å². The molecule has 2 aromatic rings. The van der Waals surface area contributed by atoms with Gasteiger partial charge < -0.3 is 10.1 Å². The number of para-hydroxylation sites is 1. The van der Waals surface area contributed by atoms with Crippen molar-refractivity contribution in [3.63, 3.8) is 0 Å². The predicted octanol–water partition coefficient (Wildman–Crippen LogP) is 3.78. The largest absolute Gasteiger partial charge is 0.493 e. The Morgan fingerprint density at radius 1 is 1.44 bits per heavy atom. The fraction of sp³-hybridized carbons (Fsp3) is 0.357. The van der Waals surface area contributed by atoms with E-state index in [0.29, 0.717) is 6.04 Å². The number of thiazole rings is 1. The number of aryl methyl sites for hydroxylation is 1. The van der Waals surface area contributed by atoms with Crippen molar-refractivity contribution in [2.45, 2.75) is 25.8 Å². The van der Waals surface area contributed by atoms with E-state index in [1.807, 2.05) is 11.6 Å². The van der Waals surface area contributed by atoms with E-state index in [-0.39, 0.29) is 0 Å². The Balaban J connectivity index is 1.94. The van der Waals surface area contributed by atoms with Crippen LogP contribution in [-0.2, 0) is 0 Å². The van der Waals surface area contributed by atoms with Crippen LogP contribution in [-0.4, -0.2) is 11.6 Å². The molecule has 1 aromatic heterocycles. The number of nitrogens with zero attached hydrogens (tertiary/aromatic N) is 1. The number of hydrogen-bond donors (Lipinski definition) is 1. The third-order valence-corrected chi connectivity index (χ3v) is 3.94. The van der Waals surface area contributed by atoms with Crippen molar-refractivity contribution >= 4 is 16.5 Å². The van der Waals surface area contributed by atoms with Gasteiger partial charge in [0.25, 0.3) is 0 Å². The Morgan fingerprint density at radius 2 is 2.39 bits per heavy atom. The van der Waals surface area contributed by atoms with Crippen LogP contribution in [0.15, 0.2) is 29.8 Å². The van der Waals surface area contributed by atoms with E-state index in [4.69, 9.17) is 4.74 Å². The van der Waals surface area contributed by atoms with Crippen LogP contribution in [0.4, 0.5) is 5.13 Å². The summed E-state index contributed by atoms with van der Waals surface area (Å²) in [6, 6.07) is 6.65. The Kier molecular flexibility index (Phi) is 3.19. The van der Waals surface area contributed by atoms with Gasteiger partial charge in [-0.05, 0) is 25.3 Å². The lowest BCUT2D eigenvalue weighted by molar-refractivity contribution is 0.314. The zero-order chi connectivity index (χ0) is 12.4. The van der Waals surface area contributed by atoms with Gasteiger partial charge >= 0.3 is 0 Å². The minimum atomic E-state index is 0.300. The van der Waals surface area contributed by atoms with Crippen molar-refractivity contribution in [1.29, 1.82) is 0 Å². The Bertz CT molecular complexity index is 525. The molecule has 0 aliphatic carbocycles. The fourth-order valence-corrected chi connectivity index (χ4v) is 2.94. The molecule has 0 saturated heterocycles. The number of rotatable bonds is 2. The molecule has 1 aromatic carbocycles. The van der Waals surface area contributed by atoms with Gasteiger partial charge in [-0.25, -0.2) is 4.98 Å². The standard InChI is InChI=1S/C14H16N2OS/c1-10-4-2-5-11-12(6-3-8-17-13(10)11)16-14-15-7-9-18-14/h2,4-5,7,9,12H,3,6,8H2,1H3,(H,15,16). The van der Waals surface area contributed by atoms with Crippen LogP contribution in [0.5, 0.6) is 5.75 Å². The summed E-state index contributed by atoms with van der Waals surface area (Å²) in [5.41, 5.74) is 2.46. The third kappa shape index (κ3) is 2.20. The summed E-state index contributed by atoms with van der Waals surface area (Å²) in [5.74, 6) is 1.05. The lowest BCUT2D eigenvalue weighted by Gasteiger charge is -2.18. The van der Waals surface area contributed by atoms with Gasteiger partial charge in [0, 0.05) is 17.1 Å². The second-order valence-electron chi connectivity index (χ2n) is 4.52. The van der Waals surface area contributed by atoms with E-state index < -0.39 is 0 Å². The molecule has 4 heteroatoms. The zero-order valence-electron chi connectivity index (χ0n) is 10.3. The molecule has 0 radical (unpaired) electrons. The number of benzene rings is 1. The average Bonchev–Trinajstić information content (AvgIpc) is 2.79. The van der Waals surface area contributed by atoms with Crippen LogP contribution in [0.25, 0.3) is 0 Å². The maximum absolute atomic E-state index is 5.87. The SMILES string of the molecule is Cc1cccc2c1OCCCC2Nc1nccs1. The van der Waals surface area contributed by atoms with Gasteiger partial charge in [0.05, 0.1) is 12.6 Å². The van der Waals surface area contributed by atoms with Gasteiger partial charge in [-0.1, -0.05) is 18.2 Å². The van der Waals surface area contributed by atoms with E-state index in [1.165, 1.54) is 11.1 Å². The molecule has 94 valence electrons. The zero-order valence-corrected chi connectivity index (χ0v) is 11.2. The normalized spacial score (nSPS) is 18.6. The van der Waals surface area contributed by atoms with Crippen molar-refractivity contribution < 1.29 is 4.74 Å². The van der Waals surface area contributed by atoms with E-state index in [0.717, 1.165) is 30.3 Å². The summed E-state index contributed by atoms with van der Waals surface area (Å²) in [4.78, 5) is 4.30. The number of aromatic nitrogens is 1. The first-order valence-electron chi connectivity index (χ1n) is 6.23. The minimum absolute atomic E-state index is 0.300. The maximum Gasteiger partial charge on any atom is 0.183 e. The molecule has 1 atom stereocenters. The van der Waals surface area contributed by atoms with Crippen molar-refractivity contribution in [2.75, 3.05) is 11.9 Å². The molecule has 2 heterocycles. The molecule has 1 N–H and O–H groups in total. The molecule has 1 aliphatic heterocycles. The second kappa shape index (κ2) is 4.98. The summed E-state index contributed by atoms with van der Waals surface area (Å²) in [6.45, 7) is 2.90. The monoisotopic (exact) mass is 260 g/mol. The molecule has 18 heavy (non-hydrogen) atoms. The van der Waals surface area contributed by atoms with E-state index >= 15 is 0 Å². The summed E-state index contributed by atoms with van der Waals surface area (Å²) in [7, 11) is 0. The molecular weight excluding hydrogens is 244 g/mol. The number of anilines is 1. The topological polar surface area (TPSA) is 34.1 Å². The molecule has 0 fully saturated rings. The summed E-state index contributed by atoms with van der Waals surface area (Å²) >= 11 is 1.64. The number of hydrogen-bond acceptors (Lipinski definition) is 4. The smallest absolute Gasteiger partial charge is 0.183 e. The van der Waals surface area contributed by atoms with Crippen molar-refractivity contribution in [1.82, 2.24) is 4.98 Å². The highest BCUT2D eigenvalue weighted by Crippen LogP contribution is 2.36. The third-order valence-electron chi connectivity index (χ3n) is 3.23. The Labute approximate surface area is 111 Å². The molecule has 0 saturated carbocycles. The highest BCUT2D eigenvalue weighted by Gasteiger charge is 2.21. The molecular formula is C14H16N2OS. The average molecular weight is 260 g/mol. The maximum atomic E-state index is 5.87. The summed E-state index contributed by atoms with van der Waals surface area (Å²) < 4.78 is 5.87. The first-order chi connectivity index (χ1) is 8.84. The van der Waals surface area contributed by atoms with Crippen LogP contribution in [0, 0.1) is 6.92 Å². The Morgan fingerprint density at radius 3 is 3.22 bits per heavy atom. The summed E-state index contributed by atoms with van der Waals surface area (Å²) in [5, 5.41) is 6.49. The predicted molar refractivity (Wildman–Crippen MR) is 74.4 cm³/mol. The Hall–Kier alpha value is -1.55. The van der Waals surface area contributed by atoms with E-state index in [2.05, 4.69) is 35.4 Å². The van der Waals surface area contributed by atoms with Crippen molar-refractivity contribution in [3.8, 4) is 5.75 Å². The fourth-order valence-electron chi connectivity index (χ4n) is 2.36. The molecule has 3 rings (SSSR count).